The topological polar surface area (TPSA) is 0 Å². The van der Waals surface area contributed by atoms with Crippen LogP contribution in [0.15, 0.2) is 36.4 Å². The average molecular weight is 248 g/mol. The molecule has 0 amide bonds. The second-order valence-corrected chi connectivity index (χ2v) is 4.98. The molecule has 0 aliphatic heterocycles. The van der Waals surface area contributed by atoms with E-state index in [9.17, 15) is 0 Å². The Labute approximate surface area is 115 Å². The zero-order chi connectivity index (χ0) is 13.3. The lowest BCUT2D eigenvalue weighted by molar-refractivity contribution is 0.504. The molecule has 0 heteroatoms. The molecule has 1 aromatic rings. The van der Waals surface area contributed by atoms with Gasteiger partial charge in [-0.2, -0.15) is 0 Å². The molecule has 1 aliphatic carbocycles. The highest BCUT2D eigenvalue weighted by Crippen LogP contribution is 2.15. The monoisotopic (exact) mass is 248 g/mol. The lowest BCUT2D eigenvalue weighted by Crippen LogP contribution is -1.85. The van der Waals surface area contributed by atoms with Crippen LogP contribution in [0.1, 0.15) is 78.1 Å². The summed E-state index contributed by atoms with van der Waals surface area (Å²) in [7, 11) is 0. The van der Waals surface area contributed by atoms with E-state index in [1.54, 1.807) is 0 Å². The molecule has 0 spiro atoms. The minimum Gasteiger partial charge on any atom is -0.0654 e. The van der Waals surface area contributed by atoms with E-state index in [-0.39, 0.29) is 0 Å². The van der Waals surface area contributed by atoms with Gasteiger partial charge < -0.3 is 0 Å². The van der Waals surface area contributed by atoms with E-state index < -0.39 is 0 Å². The lowest BCUT2D eigenvalue weighted by Gasteiger charge is -2.05. The predicted molar refractivity (Wildman–Crippen MR) is 84.0 cm³/mol. The summed E-state index contributed by atoms with van der Waals surface area (Å²) in [5.74, 6) is 0. The average Bonchev–Trinajstić information content (AvgIpc) is 2.50. The normalized spacial score (nSPS) is 13.7. The molecular formula is C18H32. The van der Waals surface area contributed by atoms with Gasteiger partial charge in [0.15, 0.2) is 0 Å². The molecule has 104 valence electrons. The Hall–Kier alpha value is -0.780. The second kappa shape index (κ2) is 16.2. The fourth-order valence-electron chi connectivity index (χ4n) is 1.95. The Morgan fingerprint density at radius 1 is 0.500 bits per heavy atom. The standard InChI is InChI=1S/C6H12.C6H6.C6H14/c2*1-2-4-6-5-3-1;1-3-5-6-4-2/h1-6H2;1-6H;3-6H2,1-2H3. The van der Waals surface area contributed by atoms with Gasteiger partial charge in [0.25, 0.3) is 0 Å². The van der Waals surface area contributed by atoms with E-state index in [1.165, 1.54) is 64.2 Å². The number of hydrogen-bond acceptors (Lipinski definition) is 0. The summed E-state index contributed by atoms with van der Waals surface area (Å²) >= 11 is 0. The summed E-state index contributed by atoms with van der Waals surface area (Å²) in [6.45, 7) is 4.46. The van der Waals surface area contributed by atoms with Gasteiger partial charge in [0.05, 0.1) is 0 Å². The molecule has 0 unspecified atom stereocenters. The zero-order valence-electron chi connectivity index (χ0n) is 12.5. The lowest BCUT2D eigenvalue weighted by atomic mass is 10.0. The van der Waals surface area contributed by atoms with E-state index in [0.29, 0.717) is 0 Å². The first-order chi connectivity index (χ1) is 8.91. The van der Waals surface area contributed by atoms with Gasteiger partial charge in [-0.15, -0.1) is 0 Å². The molecule has 1 fully saturated rings. The van der Waals surface area contributed by atoms with Gasteiger partial charge >= 0.3 is 0 Å². The summed E-state index contributed by atoms with van der Waals surface area (Å²) in [6, 6.07) is 12.0. The molecule has 1 aromatic carbocycles. The summed E-state index contributed by atoms with van der Waals surface area (Å²) in [5.41, 5.74) is 0. The van der Waals surface area contributed by atoms with Crippen molar-refractivity contribution in [2.45, 2.75) is 78.1 Å². The Balaban J connectivity index is 0.000000241. The summed E-state index contributed by atoms with van der Waals surface area (Å²) in [4.78, 5) is 0. The predicted octanol–water partition coefficient (Wildman–Crippen LogP) is 6.61. The van der Waals surface area contributed by atoms with Crippen LogP contribution < -0.4 is 0 Å². The maximum Gasteiger partial charge on any atom is -0.0533 e. The summed E-state index contributed by atoms with van der Waals surface area (Å²) in [6.07, 6.45) is 14.5. The smallest absolute Gasteiger partial charge is 0.0533 e. The van der Waals surface area contributed by atoms with Gasteiger partial charge in [-0.1, -0.05) is 114 Å². The van der Waals surface area contributed by atoms with E-state index in [2.05, 4.69) is 13.8 Å². The molecular weight excluding hydrogens is 216 g/mol. The molecule has 1 saturated carbocycles. The van der Waals surface area contributed by atoms with Crippen LogP contribution >= 0.6 is 0 Å². The number of rotatable bonds is 3. The van der Waals surface area contributed by atoms with Crippen molar-refractivity contribution in [3.05, 3.63) is 36.4 Å². The highest BCUT2D eigenvalue weighted by atomic mass is 14.0. The molecule has 0 radical (unpaired) electrons. The third kappa shape index (κ3) is 15.2. The van der Waals surface area contributed by atoms with Gasteiger partial charge in [0, 0.05) is 0 Å². The van der Waals surface area contributed by atoms with Crippen LogP contribution in [-0.2, 0) is 0 Å². The highest BCUT2D eigenvalue weighted by Gasteiger charge is 1.95. The van der Waals surface area contributed by atoms with Gasteiger partial charge in [-0.3, -0.25) is 0 Å². The second-order valence-electron chi connectivity index (χ2n) is 4.98. The first-order valence-electron chi connectivity index (χ1n) is 7.91. The van der Waals surface area contributed by atoms with Crippen molar-refractivity contribution in [1.82, 2.24) is 0 Å². The van der Waals surface area contributed by atoms with Crippen LogP contribution in [0.25, 0.3) is 0 Å². The van der Waals surface area contributed by atoms with Gasteiger partial charge in [-0.25, -0.2) is 0 Å². The minimum atomic E-state index is 1.36. The largest absolute Gasteiger partial charge is 0.0654 e. The van der Waals surface area contributed by atoms with Gasteiger partial charge in [0.1, 0.15) is 0 Å². The van der Waals surface area contributed by atoms with E-state index in [4.69, 9.17) is 0 Å². The number of unbranched alkanes of at least 4 members (excludes halogenated alkanes) is 3. The van der Waals surface area contributed by atoms with Crippen molar-refractivity contribution in [2.75, 3.05) is 0 Å². The van der Waals surface area contributed by atoms with Crippen molar-refractivity contribution >= 4 is 0 Å². The van der Waals surface area contributed by atoms with E-state index in [1.807, 2.05) is 36.4 Å². The molecule has 18 heavy (non-hydrogen) atoms. The number of benzene rings is 1. The van der Waals surface area contributed by atoms with Gasteiger partial charge in [-0.05, 0) is 0 Å². The molecule has 0 saturated heterocycles. The number of hydrogen-bond donors (Lipinski definition) is 0. The molecule has 1 aliphatic rings. The zero-order valence-corrected chi connectivity index (χ0v) is 12.5. The van der Waals surface area contributed by atoms with Crippen molar-refractivity contribution < 1.29 is 0 Å². The maximum absolute atomic E-state index is 2.23. The maximum atomic E-state index is 2.23. The van der Waals surface area contributed by atoms with E-state index >= 15 is 0 Å². The molecule has 0 nitrogen and oxygen atoms in total. The van der Waals surface area contributed by atoms with Crippen LogP contribution in [0, 0.1) is 0 Å². The molecule has 2 rings (SSSR count). The van der Waals surface area contributed by atoms with Crippen LogP contribution in [0.4, 0.5) is 0 Å². The fraction of sp³-hybridized carbons (Fsp3) is 0.667. The van der Waals surface area contributed by atoms with Crippen molar-refractivity contribution in [1.29, 1.82) is 0 Å². The third-order valence-corrected chi connectivity index (χ3v) is 3.12. The Bertz CT molecular complexity index is 169. The van der Waals surface area contributed by atoms with Crippen LogP contribution in [0.2, 0.25) is 0 Å². The quantitative estimate of drug-likeness (QED) is 0.528. The SMILES string of the molecule is C1CCCCC1.CCCCCC.c1ccccc1. The van der Waals surface area contributed by atoms with Crippen LogP contribution in [-0.4, -0.2) is 0 Å². The molecule has 0 bridgehead atoms. The molecule has 0 heterocycles. The van der Waals surface area contributed by atoms with Crippen molar-refractivity contribution in [3.63, 3.8) is 0 Å². The first-order valence-corrected chi connectivity index (χ1v) is 7.91. The van der Waals surface area contributed by atoms with E-state index in [0.717, 1.165) is 0 Å². The molecule has 0 aromatic heterocycles. The fourth-order valence-corrected chi connectivity index (χ4v) is 1.95. The summed E-state index contributed by atoms with van der Waals surface area (Å²) < 4.78 is 0. The molecule has 0 N–H and O–H groups in total. The minimum absolute atomic E-state index is 1.36. The first kappa shape index (κ1) is 17.2. The Morgan fingerprint density at radius 3 is 0.889 bits per heavy atom. The summed E-state index contributed by atoms with van der Waals surface area (Å²) in [5, 5.41) is 0. The Morgan fingerprint density at radius 2 is 0.722 bits per heavy atom. The third-order valence-electron chi connectivity index (χ3n) is 3.12. The van der Waals surface area contributed by atoms with Gasteiger partial charge in [0.2, 0.25) is 0 Å². The van der Waals surface area contributed by atoms with Crippen LogP contribution in [0.5, 0.6) is 0 Å². The van der Waals surface area contributed by atoms with Crippen molar-refractivity contribution in [2.24, 2.45) is 0 Å². The highest BCUT2D eigenvalue weighted by molar-refractivity contribution is 4.99. The van der Waals surface area contributed by atoms with Crippen LogP contribution in [0.3, 0.4) is 0 Å². The Kier molecular flexibility index (Phi) is 15.5. The van der Waals surface area contributed by atoms with Crippen molar-refractivity contribution in [3.8, 4) is 0 Å². The molecule has 0 atom stereocenters.